The minimum absolute atomic E-state index is 0.000922. The Morgan fingerprint density at radius 3 is 2.46 bits per heavy atom. The van der Waals surface area contributed by atoms with E-state index in [4.69, 9.17) is 0 Å². The van der Waals surface area contributed by atoms with Crippen LogP contribution in [0, 0.1) is 46.2 Å². The first-order valence-electron chi connectivity index (χ1n) is 14.2. The molecule has 0 saturated heterocycles. The molecule has 3 saturated carbocycles. The molecule has 1 amide bonds. The van der Waals surface area contributed by atoms with Gasteiger partial charge in [-0.2, -0.15) is 0 Å². The number of halogens is 2. The van der Waals surface area contributed by atoms with Crippen LogP contribution in [-0.2, 0) is 4.79 Å². The van der Waals surface area contributed by atoms with Gasteiger partial charge in [-0.25, -0.2) is 8.78 Å². The Hall–Kier alpha value is -1.79. The zero-order chi connectivity index (χ0) is 26.7. The maximum Gasteiger partial charge on any atom is 0.226 e. The lowest BCUT2D eigenvalue weighted by atomic mass is 9.47. The van der Waals surface area contributed by atoms with E-state index >= 15 is 4.39 Å². The van der Waals surface area contributed by atoms with Gasteiger partial charge < -0.3 is 15.1 Å². The molecule has 0 aromatic heterocycles. The molecule has 0 aliphatic heterocycles. The van der Waals surface area contributed by atoms with E-state index < -0.39 is 18.0 Å². The SMILES string of the molecule is C[C@H](CCC(=O)N(C)c1ccccc1F)[C@H]1CC[C@H]2C3=C(F)C[C@H]4[C@@H](O)[C@@H](O)CC[C@]4(C)[C@H]3CC[C@]12C. The van der Waals surface area contributed by atoms with Gasteiger partial charge in [-0.1, -0.05) is 32.9 Å². The first kappa shape index (κ1) is 26.8. The average molecular weight is 516 g/mol. The molecule has 1 aromatic carbocycles. The van der Waals surface area contributed by atoms with Gasteiger partial charge in [0.15, 0.2) is 0 Å². The van der Waals surface area contributed by atoms with Gasteiger partial charge in [-0.15, -0.1) is 0 Å². The van der Waals surface area contributed by atoms with E-state index in [1.807, 2.05) is 0 Å². The topological polar surface area (TPSA) is 60.8 Å². The van der Waals surface area contributed by atoms with Gasteiger partial charge in [-0.05, 0) is 103 Å². The Bertz CT molecular complexity index is 1070. The van der Waals surface area contributed by atoms with Crippen molar-refractivity contribution in [3.8, 4) is 0 Å². The number of nitrogens with zero attached hydrogens (tertiary/aromatic N) is 1. The number of para-hydroxylation sites is 1. The number of allylic oxidation sites excluding steroid dienone is 2. The summed E-state index contributed by atoms with van der Waals surface area (Å²) in [5.74, 6) is 0.330. The van der Waals surface area contributed by atoms with Crippen molar-refractivity contribution in [1.82, 2.24) is 0 Å². The molecule has 4 nitrogen and oxygen atoms in total. The third-order valence-electron chi connectivity index (χ3n) is 11.4. The number of hydrogen-bond donors (Lipinski definition) is 2. The van der Waals surface area contributed by atoms with Crippen molar-refractivity contribution in [2.75, 3.05) is 11.9 Å². The molecular formula is C31H43F2NO3. The molecule has 2 N–H and O–H groups in total. The number of anilines is 1. The van der Waals surface area contributed by atoms with E-state index in [0.717, 1.165) is 44.1 Å². The lowest BCUT2D eigenvalue weighted by Gasteiger charge is -2.59. The summed E-state index contributed by atoms with van der Waals surface area (Å²) in [5.41, 5.74) is 1.15. The maximum absolute atomic E-state index is 15.8. The van der Waals surface area contributed by atoms with Crippen LogP contribution in [0.2, 0.25) is 0 Å². The fourth-order valence-electron chi connectivity index (χ4n) is 9.13. The number of benzene rings is 1. The number of aliphatic hydroxyl groups is 2. The van der Waals surface area contributed by atoms with E-state index in [-0.39, 0.29) is 46.7 Å². The van der Waals surface area contributed by atoms with Gasteiger partial charge >= 0.3 is 0 Å². The Morgan fingerprint density at radius 1 is 1.05 bits per heavy atom. The van der Waals surface area contributed by atoms with Crippen LogP contribution in [0.15, 0.2) is 35.7 Å². The molecule has 0 spiro atoms. The van der Waals surface area contributed by atoms with Crippen LogP contribution < -0.4 is 4.90 Å². The predicted molar refractivity (Wildman–Crippen MR) is 141 cm³/mol. The molecule has 9 atom stereocenters. The van der Waals surface area contributed by atoms with E-state index in [9.17, 15) is 19.4 Å². The molecule has 1 aromatic rings. The van der Waals surface area contributed by atoms with Gasteiger partial charge in [0.25, 0.3) is 0 Å². The zero-order valence-corrected chi connectivity index (χ0v) is 22.7. The number of carbonyl (C=O) groups excluding carboxylic acids is 1. The largest absolute Gasteiger partial charge is 0.390 e. The lowest BCUT2D eigenvalue weighted by Crippen LogP contribution is -2.55. The number of carbonyl (C=O) groups is 1. The minimum atomic E-state index is -0.851. The summed E-state index contributed by atoms with van der Waals surface area (Å²) < 4.78 is 30.0. The van der Waals surface area contributed by atoms with Crippen LogP contribution in [0.3, 0.4) is 0 Å². The van der Waals surface area contributed by atoms with Gasteiger partial charge in [-0.3, -0.25) is 4.79 Å². The smallest absolute Gasteiger partial charge is 0.226 e. The third kappa shape index (κ3) is 4.27. The molecule has 3 fully saturated rings. The summed E-state index contributed by atoms with van der Waals surface area (Å²) in [7, 11) is 1.63. The second-order valence-corrected chi connectivity index (χ2v) is 13.0. The monoisotopic (exact) mass is 515 g/mol. The summed E-state index contributed by atoms with van der Waals surface area (Å²) in [6.07, 6.45) is 5.10. The Morgan fingerprint density at radius 2 is 1.73 bits per heavy atom. The molecule has 4 aliphatic rings. The van der Waals surface area contributed by atoms with Crippen molar-refractivity contribution in [2.24, 2.45) is 40.4 Å². The fourth-order valence-corrected chi connectivity index (χ4v) is 9.13. The second kappa shape index (κ2) is 9.75. The summed E-state index contributed by atoms with van der Waals surface area (Å²) in [6, 6.07) is 6.35. The Labute approximate surface area is 220 Å². The van der Waals surface area contributed by atoms with Crippen molar-refractivity contribution in [3.05, 3.63) is 41.5 Å². The van der Waals surface area contributed by atoms with Crippen molar-refractivity contribution in [2.45, 2.75) is 90.8 Å². The number of amides is 1. The first-order valence-corrected chi connectivity index (χ1v) is 14.2. The molecule has 37 heavy (non-hydrogen) atoms. The third-order valence-corrected chi connectivity index (χ3v) is 11.4. The van der Waals surface area contributed by atoms with Crippen molar-refractivity contribution < 1.29 is 23.8 Å². The molecule has 0 unspecified atom stereocenters. The molecule has 204 valence electrons. The molecule has 6 heteroatoms. The van der Waals surface area contributed by atoms with E-state index in [1.54, 1.807) is 25.2 Å². The van der Waals surface area contributed by atoms with Crippen LogP contribution in [-0.4, -0.2) is 35.4 Å². The van der Waals surface area contributed by atoms with Crippen molar-refractivity contribution in [3.63, 3.8) is 0 Å². The summed E-state index contributed by atoms with van der Waals surface area (Å²) in [6.45, 7) is 6.78. The molecule has 4 aliphatic carbocycles. The Balaban J connectivity index is 1.30. The van der Waals surface area contributed by atoms with Crippen LogP contribution in [0.4, 0.5) is 14.5 Å². The standard InChI is InChI=1S/C31H43F2NO3/c1-18(9-12-27(36)34(4)25-8-6-5-7-23(25)32)19-10-11-20-28-21(13-15-30(19,20)2)31(3)16-14-26(35)29(37)22(31)17-24(28)33/h5-8,18-22,26,29,35,37H,9-17H2,1-4H3/t18-,19-,20+,21+,22+,26+,29-,30-,31-/m1/s1. The summed E-state index contributed by atoms with van der Waals surface area (Å²) in [4.78, 5) is 14.3. The van der Waals surface area contributed by atoms with Crippen molar-refractivity contribution in [1.29, 1.82) is 0 Å². The molecular weight excluding hydrogens is 472 g/mol. The van der Waals surface area contributed by atoms with Crippen LogP contribution in [0.25, 0.3) is 0 Å². The molecule has 0 heterocycles. The van der Waals surface area contributed by atoms with E-state index in [1.165, 1.54) is 11.0 Å². The van der Waals surface area contributed by atoms with Gasteiger partial charge in [0.05, 0.1) is 17.9 Å². The highest BCUT2D eigenvalue weighted by molar-refractivity contribution is 5.92. The first-order chi connectivity index (χ1) is 17.5. The highest BCUT2D eigenvalue weighted by Gasteiger charge is 2.61. The highest BCUT2D eigenvalue weighted by Crippen LogP contribution is 2.68. The van der Waals surface area contributed by atoms with Crippen molar-refractivity contribution >= 4 is 11.6 Å². The zero-order valence-electron chi connectivity index (χ0n) is 22.7. The van der Waals surface area contributed by atoms with Crippen LogP contribution in [0.1, 0.15) is 78.6 Å². The van der Waals surface area contributed by atoms with Gasteiger partial charge in [0.1, 0.15) is 11.6 Å². The summed E-state index contributed by atoms with van der Waals surface area (Å²) in [5, 5.41) is 21.0. The maximum atomic E-state index is 15.8. The number of aliphatic hydroxyl groups excluding tert-OH is 2. The molecule has 0 bridgehead atoms. The van der Waals surface area contributed by atoms with Gasteiger partial charge in [0.2, 0.25) is 5.91 Å². The molecule has 5 rings (SSSR count). The number of fused-ring (bicyclic) bond motifs is 5. The average Bonchev–Trinajstić information content (AvgIpc) is 3.23. The van der Waals surface area contributed by atoms with E-state index in [2.05, 4.69) is 20.8 Å². The lowest BCUT2D eigenvalue weighted by molar-refractivity contribution is -0.129. The molecule has 0 radical (unpaired) electrons. The predicted octanol–water partition coefficient (Wildman–Crippen LogP) is 6.41. The second-order valence-electron chi connectivity index (χ2n) is 13.0. The highest BCUT2D eigenvalue weighted by atomic mass is 19.1. The fraction of sp³-hybridized carbons (Fsp3) is 0.710. The summed E-state index contributed by atoms with van der Waals surface area (Å²) >= 11 is 0. The number of rotatable bonds is 5. The number of hydrogen-bond acceptors (Lipinski definition) is 3. The van der Waals surface area contributed by atoms with Crippen LogP contribution >= 0.6 is 0 Å². The van der Waals surface area contributed by atoms with E-state index in [0.29, 0.717) is 30.4 Å². The normalized spacial score (nSPS) is 40.0. The van der Waals surface area contributed by atoms with Gasteiger partial charge in [0, 0.05) is 19.9 Å². The quantitative estimate of drug-likeness (QED) is 0.476. The Kier molecular flexibility index (Phi) is 7.06. The van der Waals surface area contributed by atoms with Crippen LogP contribution in [0.5, 0.6) is 0 Å². The minimum Gasteiger partial charge on any atom is -0.390 e.